The fourth-order valence-corrected chi connectivity index (χ4v) is 3.01. The second kappa shape index (κ2) is 6.26. The van der Waals surface area contributed by atoms with Gasteiger partial charge in [0.15, 0.2) is 0 Å². The predicted octanol–water partition coefficient (Wildman–Crippen LogP) is 1.92. The number of rotatable bonds is 0. The highest BCUT2D eigenvalue weighted by atomic mass is 14.9. The zero-order chi connectivity index (χ0) is 18.8. The SMILES string of the molecule is [C-]#[N+]C([N+]#[C-])=c1ccc(=C(C#N)C#N)c2cc3c(=C)ccc(=C)c3cc12. The van der Waals surface area contributed by atoms with E-state index in [1.165, 1.54) is 0 Å². The average Bonchev–Trinajstić information content (AvgIpc) is 2.67. The maximum absolute atomic E-state index is 9.29. The molecule has 0 unspecified atom stereocenters. The topological polar surface area (TPSA) is 56.3 Å². The molecule has 3 rings (SSSR count). The molecule has 3 aromatic rings. The van der Waals surface area contributed by atoms with Gasteiger partial charge in [-0.05, 0) is 44.1 Å². The van der Waals surface area contributed by atoms with Gasteiger partial charge in [-0.1, -0.05) is 37.4 Å². The minimum absolute atomic E-state index is 0.0236. The number of hydrogen-bond acceptors (Lipinski definition) is 2. The predicted molar refractivity (Wildman–Crippen MR) is 102 cm³/mol. The Balaban J connectivity index is 2.85. The van der Waals surface area contributed by atoms with Crippen LogP contribution in [0.4, 0.5) is 0 Å². The second-order valence-electron chi connectivity index (χ2n) is 5.63. The van der Waals surface area contributed by atoms with Crippen LogP contribution in [0.2, 0.25) is 0 Å². The van der Waals surface area contributed by atoms with Crippen LogP contribution in [-0.2, 0) is 0 Å². The molecule has 0 saturated heterocycles. The first-order valence-electron chi connectivity index (χ1n) is 7.52. The van der Waals surface area contributed by atoms with Crippen molar-refractivity contribution in [3.63, 3.8) is 0 Å². The number of fused-ring (bicyclic) bond motifs is 2. The standard InChI is InChI=1S/C22H10N4/c1-13-5-6-14(2)19-10-21-17(22(25-3)26-4)8-7-16(15(11-23)12-24)20(21)9-18(13)19/h5-10H,1-2H2. The first kappa shape index (κ1) is 16.5. The van der Waals surface area contributed by atoms with Crippen LogP contribution in [0.5, 0.6) is 0 Å². The van der Waals surface area contributed by atoms with Crippen molar-refractivity contribution in [3.05, 3.63) is 80.1 Å². The summed E-state index contributed by atoms with van der Waals surface area (Å²) in [6, 6.07) is 14.5. The molecule has 0 N–H and O–H groups in total. The summed E-state index contributed by atoms with van der Waals surface area (Å²) in [6.07, 6.45) is 0. The van der Waals surface area contributed by atoms with Crippen molar-refractivity contribution in [2.45, 2.75) is 0 Å². The third-order valence-corrected chi connectivity index (χ3v) is 4.28. The van der Waals surface area contributed by atoms with Gasteiger partial charge in [-0.25, -0.2) is 0 Å². The summed E-state index contributed by atoms with van der Waals surface area (Å²) >= 11 is 0. The van der Waals surface area contributed by atoms with Gasteiger partial charge < -0.3 is 0 Å². The molecule has 0 radical (unpaired) electrons. The lowest BCUT2D eigenvalue weighted by Gasteiger charge is -2.05. The molecule has 0 aliphatic rings. The molecule has 0 fully saturated rings. The first-order chi connectivity index (χ1) is 12.5. The monoisotopic (exact) mass is 330 g/mol. The Kier molecular flexibility index (Phi) is 3.96. The molecular weight excluding hydrogens is 320 g/mol. The van der Waals surface area contributed by atoms with Crippen molar-refractivity contribution >= 4 is 46.1 Å². The molecule has 0 spiro atoms. The van der Waals surface area contributed by atoms with Gasteiger partial charge in [0.25, 0.3) is 0 Å². The molecule has 4 heteroatoms. The van der Waals surface area contributed by atoms with Gasteiger partial charge >= 0.3 is 5.82 Å². The second-order valence-corrected chi connectivity index (χ2v) is 5.63. The molecule has 0 heterocycles. The molecule has 3 aromatic carbocycles. The van der Waals surface area contributed by atoms with Crippen molar-refractivity contribution in [3.8, 4) is 12.1 Å². The van der Waals surface area contributed by atoms with Crippen LogP contribution in [0.3, 0.4) is 0 Å². The molecule has 26 heavy (non-hydrogen) atoms. The molecule has 0 bridgehead atoms. The lowest BCUT2D eigenvalue weighted by atomic mass is 9.97. The maximum atomic E-state index is 9.29. The van der Waals surface area contributed by atoms with E-state index in [-0.39, 0.29) is 11.4 Å². The quantitative estimate of drug-likeness (QED) is 0.467. The zero-order valence-corrected chi connectivity index (χ0v) is 13.7. The van der Waals surface area contributed by atoms with Gasteiger partial charge in [-0.3, -0.25) is 0 Å². The van der Waals surface area contributed by atoms with Crippen LogP contribution in [0, 0.1) is 35.8 Å². The summed E-state index contributed by atoms with van der Waals surface area (Å²) < 4.78 is 0. The van der Waals surface area contributed by atoms with E-state index in [0.717, 1.165) is 21.2 Å². The molecular formula is C22H10N4. The van der Waals surface area contributed by atoms with Crippen LogP contribution in [0.25, 0.3) is 55.8 Å². The Morgan fingerprint density at radius 3 is 1.69 bits per heavy atom. The van der Waals surface area contributed by atoms with Crippen LogP contribution in [0.1, 0.15) is 0 Å². The fourth-order valence-electron chi connectivity index (χ4n) is 3.01. The van der Waals surface area contributed by atoms with E-state index in [2.05, 4.69) is 22.8 Å². The number of nitriles is 2. The van der Waals surface area contributed by atoms with Crippen LogP contribution < -0.4 is 20.9 Å². The summed E-state index contributed by atoms with van der Waals surface area (Å²) in [5.41, 5.74) is -0.0236. The number of nitrogens with zero attached hydrogens (tertiary/aromatic N) is 4. The Bertz CT molecular complexity index is 1350. The van der Waals surface area contributed by atoms with E-state index < -0.39 is 0 Å². The van der Waals surface area contributed by atoms with Crippen LogP contribution in [0.15, 0.2) is 36.4 Å². The molecule has 0 saturated carbocycles. The van der Waals surface area contributed by atoms with Gasteiger partial charge in [0.2, 0.25) is 0 Å². The summed E-state index contributed by atoms with van der Waals surface area (Å²) in [6.45, 7) is 22.6. The molecule has 4 nitrogen and oxygen atoms in total. The largest absolute Gasteiger partial charge is 0.527 e. The highest BCUT2D eigenvalue weighted by Gasteiger charge is 2.12. The lowest BCUT2D eigenvalue weighted by molar-refractivity contribution is 1.49. The van der Waals surface area contributed by atoms with Gasteiger partial charge in [0.1, 0.15) is 30.9 Å². The lowest BCUT2D eigenvalue weighted by Crippen LogP contribution is -2.17. The highest BCUT2D eigenvalue weighted by Crippen LogP contribution is 2.15. The number of benzene rings is 3. The first-order valence-corrected chi connectivity index (χ1v) is 7.52. The summed E-state index contributed by atoms with van der Waals surface area (Å²) in [4.78, 5) is 6.62. The average molecular weight is 330 g/mol. The van der Waals surface area contributed by atoms with Gasteiger partial charge in [-0.15, -0.1) is 0 Å². The molecule has 0 aromatic heterocycles. The Morgan fingerprint density at radius 2 is 1.23 bits per heavy atom. The van der Waals surface area contributed by atoms with Crippen molar-refractivity contribution in [2.75, 3.05) is 0 Å². The van der Waals surface area contributed by atoms with E-state index in [1.54, 1.807) is 12.1 Å². The Hall–Kier alpha value is -4.38. The maximum Gasteiger partial charge on any atom is 0.527 e. The minimum atomic E-state index is -0.0623. The summed E-state index contributed by atoms with van der Waals surface area (Å²) in [7, 11) is 0. The smallest absolute Gasteiger partial charge is 0.192 e. The van der Waals surface area contributed by atoms with Crippen molar-refractivity contribution < 1.29 is 0 Å². The number of hydrogen-bond donors (Lipinski definition) is 0. The minimum Gasteiger partial charge on any atom is -0.192 e. The zero-order valence-electron chi connectivity index (χ0n) is 13.7. The van der Waals surface area contributed by atoms with E-state index in [0.29, 0.717) is 21.2 Å². The fraction of sp³-hybridized carbons (Fsp3) is 0. The molecule has 0 amide bonds. The Morgan fingerprint density at radius 1 is 0.769 bits per heavy atom. The summed E-state index contributed by atoms with van der Waals surface area (Å²) in [5, 5.41) is 24.1. The van der Waals surface area contributed by atoms with E-state index in [4.69, 9.17) is 13.1 Å². The van der Waals surface area contributed by atoms with Crippen molar-refractivity contribution in [1.29, 1.82) is 10.5 Å². The van der Waals surface area contributed by atoms with Gasteiger partial charge in [-0.2, -0.15) is 20.2 Å². The van der Waals surface area contributed by atoms with Gasteiger partial charge in [0, 0.05) is 5.22 Å². The third-order valence-electron chi connectivity index (χ3n) is 4.28. The Labute approximate surface area is 149 Å². The van der Waals surface area contributed by atoms with Crippen molar-refractivity contribution in [1.82, 2.24) is 0 Å². The molecule has 0 atom stereocenters. The normalized spacial score (nSPS) is 9.69. The van der Waals surface area contributed by atoms with E-state index in [9.17, 15) is 10.5 Å². The molecule has 0 aliphatic carbocycles. The summed E-state index contributed by atoms with van der Waals surface area (Å²) in [5.74, 6) is -0.0623. The van der Waals surface area contributed by atoms with Crippen molar-refractivity contribution in [2.24, 2.45) is 0 Å². The third kappa shape index (κ3) is 2.37. The van der Waals surface area contributed by atoms with E-state index in [1.807, 2.05) is 36.4 Å². The highest BCUT2D eigenvalue weighted by molar-refractivity contribution is 6.01. The molecule has 118 valence electrons. The van der Waals surface area contributed by atoms with E-state index >= 15 is 0 Å². The van der Waals surface area contributed by atoms with Crippen LogP contribution >= 0.6 is 0 Å². The molecule has 0 aliphatic heterocycles. The van der Waals surface area contributed by atoms with Gasteiger partial charge in [0.05, 0.1) is 5.22 Å². The van der Waals surface area contributed by atoms with Crippen LogP contribution in [-0.4, -0.2) is 0 Å².